The van der Waals surface area contributed by atoms with Crippen molar-refractivity contribution in [3.8, 4) is 11.5 Å². The Hall–Kier alpha value is -1.39. The zero-order chi connectivity index (χ0) is 13.1. The van der Waals surface area contributed by atoms with Gasteiger partial charge in [-0.2, -0.15) is 13.2 Å². The van der Waals surface area contributed by atoms with Crippen LogP contribution in [0.25, 0.3) is 0 Å². The predicted octanol–water partition coefficient (Wildman–Crippen LogP) is 3.46. The summed E-state index contributed by atoms with van der Waals surface area (Å²) in [5.41, 5.74) is 1.16. The number of aromatic hydroxyl groups is 1. The average molecular weight is 248 g/mol. The molecule has 1 N–H and O–H groups in total. The van der Waals surface area contributed by atoms with E-state index in [2.05, 4.69) is 0 Å². The number of benzene rings is 1. The standard InChI is InChI=1S/C12H15F3O2/c1-3-8-5-6-9(4-2)11(10(8)16)17-7-12(13,14)15/h5-6,16H,3-4,7H2,1-2H3. The van der Waals surface area contributed by atoms with Crippen molar-refractivity contribution >= 4 is 0 Å². The highest BCUT2D eigenvalue weighted by molar-refractivity contribution is 5.51. The molecule has 1 aromatic rings. The van der Waals surface area contributed by atoms with Crippen molar-refractivity contribution in [1.82, 2.24) is 0 Å². The number of aryl methyl sites for hydroxylation is 2. The maximum atomic E-state index is 12.1. The van der Waals surface area contributed by atoms with Crippen molar-refractivity contribution in [2.24, 2.45) is 0 Å². The number of hydrogen-bond donors (Lipinski definition) is 1. The molecule has 0 fully saturated rings. The molecule has 5 heteroatoms. The molecule has 96 valence electrons. The van der Waals surface area contributed by atoms with E-state index in [1.54, 1.807) is 19.1 Å². The van der Waals surface area contributed by atoms with Gasteiger partial charge in [0.1, 0.15) is 0 Å². The molecular formula is C12H15F3O2. The van der Waals surface area contributed by atoms with Gasteiger partial charge in [-0.3, -0.25) is 0 Å². The first-order valence-corrected chi connectivity index (χ1v) is 5.42. The fraction of sp³-hybridized carbons (Fsp3) is 0.500. The van der Waals surface area contributed by atoms with Crippen LogP contribution >= 0.6 is 0 Å². The van der Waals surface area contributed by atoms with Crippen LogP contribution in [-0.4, -0.2) is 17.9 Å². The molecule has 0 heterocycles. The second-order valence-electron chi connectivity index (χ2n) is 3.67. The van der Waals surface area contributed by atoms with Crippen molar-refractivity contribution in [1.29, 1.82) is 0 Å². The third-order valence-corrected chi connectivity index (χ3v) is 2.44. The highest BCUT2D eigenvalue weighted by atomic mass is 19.4. The number of hydrogen-bond acceptors (Lipinski definition) is 2. The van der Waals surface area contributed by atoms with Gasteiger partial charge in [0.05, 0.1) is 0 Å². The molecule has 0 amide bonds. The van der Waals surface area contributed by atoms with Crippen LogP contribution in [0.5, 0.6) is 11.5 Å². The van der Waals surface area contributed by atoms with Crippen LogP contribution in [0.3, 0.4) is 0 Å². The van der Waals surface area contributed by atoms with Crippen LogP contribution in [0.15, 0.2) is 12.1 Å². The lowest BCUT2D eigenvalue weighted by Gasteiger charge is -2.15. The van der Waals surface area contributed by atoms with E-state index >= 15 is 0 Å². The van der Waals surface area contributed by atoms with Crippen LogP contribution < -0.4 is 4.74 Å². The van der Waals surface area contributed by atoms with Crippen LogP contribution in [0, 0.1) is 0 Å². The van der Waals surface area contributed by atoms with Crippen molar-refractivity contribution in [2.75, 3.05) is 6.61 Å². The first-order valence-electron chi connectivity index (χ1n) is 5.42. The molecule has 2 nitrogen and oxygen atoms in total. The second-order valence-corrected chi connectivity index (χ2v) is 3.67. The van der Waals surface area contributed by atoms with Gasteiger partial charge < -0.3 is 9.84 Å². The Morgan fingerprint density at radius 1 is 1.12 bits per heavy atom. The topological polar surface area (TPSA) is 29.5 Å². The summed E-state index contributed by atoms with van der Waals surface area (Å²) in [5.74, 6) is -0.236. The molecule has 0 saturated carbocycles. The first-order chi connectivity index (χ1) is 7.89. The van der Waals surface area contributed by atoms with Gasteiger partial charge in [-0.25, -0.2) is 0 Å². The van der Waals surface area contributed by atoms with Crippen LogP contribution in [0.2, 0.25) is 0 Å². The summed E-state index contributed by atoms with van der Waals surface area (Å²) in [6.45, 7) is 2.22. The van der Waals surface area contributed by atoms with Gasteiger partial charge >= 0.3 is 6.18 Å². The maximum Gasteiger partial charge on any atom is 0.422 e. The lowest BCUT2D eigenvalue weighted by molar-refractivity contribution is -0.153. The van der Waals surface area contributed by atoms with Crippen molar-refractivity contribution in [2.45, 2.75) is 32.9 Å². The zero-order valence-corrected chi connectivity index (χ0v) is 9.77. The lowest BCUT2D eigenvalue weighted by atomic mass is 10.1. The number of ether oxygens (including phenoxy) is 1. The highest BCUT2D eigenvalue weighted by Gasteiger charge is 2.29. The smallest absolute Gasteiger partial charge is 0.422 e. The summed E-state index contributed by atoms with van der Waals surface area (Å²) < 4.78 is 40.9. The van der Waals surface area contributed by atoms with Gasteiger partial charge in [-0.15, -0.1) is 0 Å². The third-order valence-electron chi connectivity index (χ3n) is 2.44. The molecule has 0 aromatic heterocycles. The normalized spacial score (nSPS) is 11.6. The van der Waals surface area contributed by atoms with E-state index in [-0.39, 0.29) is 11.5 Å². The van der Waals surface area contributed by atoms with Gasteiger partial charge in [-0.1, -0.05) is 26.0 Å². The van der Waals surface area contributed by atoms with Gasteiger partial charge in [0.2, 0.25) is 0 Å². The first kappa shape index (κ1) is 13.7. The van der Waals surface area contributed by atoms with E-state index in [1.807, 2.05) is 6.92 Å². The number of alkyl halides is 3. The zero-order valence-electron chi connectivity index (χ0n) is 9.77. The Balaban J connectivity index is 3.02. The Bertz CT molecular complexity index is 386. The van der Waals surface area contributed by atoms with E-state index in [4.69, 9.17) is 4.74 Å². The summed E-state index contributed by atoms with van der Waals surface area (Å²) in [7, 11) is 0. The largest absolute Gasteiger partial charge is 0.504 e. The molecule has 0 atom stereocenters. The second kappa shape index (κ2) is 5.29. The number of phenols is 1. The van der Waals surface area contributed by atoms with Crippen molar-refractivity contribution < 1.29 is 23.0 Å². The molecule has 0 aliphatic rings. The van der Waals surface area contributed by atoms with E-state index in [0.717, 1.165) is 0 Å². The Kier molecular flexibility index (Phi) is 4.26. The predicted molar refractivity (Wildman–Crippen MR) is 58.4 cm³/mol. The minimum atomic E-state index is -4.40. The molecule has 17 heavy (non-hydrogen) atoms. The SMILES string of the molecule is CCc1ccc(CC)c(OCC(F)(F)F)c1O. The maximum absolute atomic E-state index is 12.1. The monoisotopic (exact) mass is 248 g/mol. The Morgan fingerprint density at radius 2 is 1.65 bits per heavy atom. The number of halogens is 3. The fourth-order valence-electron chi connectivity index (χ4n) is 1.53. The molecule has 0 spiro atoms. The minimum Gasteiger partial charge on any atom is -0.504 e. The lowest BCUT2D eigenvalue weighted by Crippen LogP contribution is -2.19. The summed E-state index contributed by atoms with van der Waals surface area (Å²) >= 11 is 0. The Labute approximate surface area is 98.0 Å². The van der Waals surface area contributed by atoms with Crippen LogP contribution in [0.4, 0.5) is 13.2 Å². The molecule has 0 aliphatic carbocycles. The van der Waals surface area contributed by atoms with Crippen molar-refractivity contribution in [3.63, 3.8) is 0 Å². The summed E-state index contributed by atoms with van der Waals surface area (Å²) in [4.78, 5) is 0. The molecule has 0 bridgehead atoms. The van der Waals surface area contributed by atoms with E-state index in [1.165, 1.54) is 0 Å². The average Bonchev–Trinajstić information content (AvgIpc) is 2.25. The van der Waals surface area contributed by atoms with Gasteiger partial charge in [0, 0.05) is 0 Å². The Morgan fingerprint density at radius 3 is 2.12 bits per heavy atom. The molecule has 0 aliphatic heterocycles. The van der Waals surface area contributed by atoms with Gasteiger partial charge in [-0.05, 0) is 24.0 Å². The highest BCUT2D eigenvalue weighted by Crippen LogP contribution is 2.35. The molecule has 0 saturated heterocycles. The number of rotatable bonds is 4. The van der Waals surface area contributed by atoms with E-state index in [9.17, 15) is 18.3 Å². The quantitative estimate of drug-likeness (QED) is 0.884. The van der Waals surface area contributed by atoms with E-state index < -0.39 is 12.8 Å². The fourth-order valence-corrected chi connectivity index (χ4v) is 1.53. The molecule has 1 aromatic carbocycles. The van der Waals surface area contributed by atoms with Gasteiger partial charge in [0.25, 0.3) is 0 Å². The van der Waals surface area contributed by atoms with Crippen LogP contribution in [-0.2, 0) is 12.8 Å². The summed E-state index contributed by atoms with van der Waals surface area (Å²) in [5, 5.41) is 9.81. The number of phenolic OH excluding ortho intramolecular Hbond substituents is 1. The van der Waals surface area contributed by atoms with E-state index in [0.29, 0.717) is 24.0 Å². The van der Waals surface area contributed by atoms with Crippen molar-refractivity contribution in [3.05, 3.63) is 23.3 Å². The summed E-state index contributed by atoms with van der Waals surface area (Å²) in [6, 6.07) is 3.39. The molecule has 1 rings (SSSR count). The summed E-state index contributed by atoms with van der Waals surface area (Å²) in [6.07, 6.45) is -3.36. The minimum absolute atomic E-state index is 0.0517. The van der Waals surface area contributed by atoms with Crippen LogP contribution in [0.1, 0.15) is 25.0 Å². The molecular weight excluding hydrogens is 233 g/mol. The molecule has 0 unspecified atom stereocenters. The van der Waals surface area contributed by atoms with Gasteiger partial charge in [0.15, 0.2) is 18.1 Å². The third kappa shape index (κ3) is 3.54. The molecule has 0 radical (unpaired) electrons.